The van der Waals surface area contributed by atoms with Gasteiger partial charge in [-0.3, -0.25) is 4.79 Å². The molecule has 0 aliphatic rings. The summed E-state index contributed by atoms with van der Waals surface area (Å²) >= 11 is 4.75. The molecule has 6 heteroatoms. The second-order valence-corrected chi connectivity index (χ2v) is 7.25. The van der Waals surface area contributed by atoms with E-state index in [2.05, 4.69) is 21.2 Å². The molecule has 0 bridgehead atoms. The van der Waals surface area contributed by atoms with E-state index in [4.69, 9.17) is 0 Å². The van der Waals surface area contributed by atoms with Crippen molar-refractivity contribution in [2.45, 2.75) is 13.8 Å². The van der Waals surface area contributed by atoms with E-state index in [9.17, 15) is 9.18 Å². The van der Waals surface area contributed by atoms with E-state index in [1.54, 1.807) is 23.5 Å². The normalized spacial score (nSPS) is 10.8. The zero-order valence-electron chi connectivity index (χ0n) is 12.6. The summed E-state index contributed by atoms with van der Waals surface area (Å²) in [6.07, 6.45) is 3.78. The third-order valence-corrected chi connectivity index (χ3v) is 5.33. The Balaban J connectivity index is 1.99. The molecule has 0 spiro atoms. The maximum absolute atomic E-state index is 14.0. The summed E-state index contributed by atoms with van der Waals surface area (Å²) in [5.74, 6) is -0.781. The Morgan fingerprint density at radius 1 is 1.26 bits per heavy atom. The number of aromatic nitrogens is 1. The molecular weight excluding hydrogens is 379 g/mol. The van der Waals surface area contributed by atoms with Crippen molar-refractivity contribution in [2.75, 3.05) is 5.32 Å². The maximum atomic E-state index is 14.0. The van der Waals surface area contributed by atoms with Gasteiger partial charge in [0.15, 0.2) is 0 Å². The van der Waals surface area contributed by atoms with E-state index >= 15 is 0 Å². The van der Waals surface area contributed by atoms with Crippen LogP contribution in [0.2, 0.25) is 0 Å². The Morgan fingerprint density at radius 2 is 1.96 bits per heavy atom. The summed E-state index contributed by atoms with van der Waals surface area (Å²) in [7, 11) is 0. The zero-order chi connectivity index (χ0) is 16.6. The van der Waals surface area contributed by atoms with Crippen LogP contribution in [0.5, 0.6) is 0 Å². The van der Waals surface area contributed by atoms with Crippen LogP contribution in [0.3, 0.4) is 0 Å². The lowest BCUT2D eigenvalue weighted by atomic mass is 10.1. The molecule has 2 aromatic heterocycles. The number of nitrogens with zero attached hydrogens (tertiary/aromatic N) is 1. The third kappa shape index (κ3) is 3.09. The largest absolute Gasteiger partial charge is 0.319 e. The number of benzene rings is 1. The number of hydrogen-bond donors (Lipinski definition) is 1. The average molecular weight is 393 g/mol. The Labute approximate surface area is 145 Å². The average Bonchev–Trinajstić information content (AvgIpc) is 3.11. The Hall–Kier alpha value is -1.92. The highest BCUT2D eigenvalue weighted by Gasteiger charge is 2.21. The lowest BCUT2D eigenvalue weighted by Crippen LogP contribution is -2.15. The van der Waals surface area contributed by atoms with Crippen molar-refractivity contribution >= 4 is 38.9 Å². The number of carbonyl (C=O) groups excluding carboxylic acids is 1. The highest BCUT2D eigenvalue weighted by atomic mass is 79.9. The second kappa shape index (κ2) is 6.29. The van der Waals surface area contributed by atoms with Gasteiger partial charge in [0.25, 0.3) is 5.91 Å². The van der Waals surface area contributed by atoms with Gasteiger partial charge >= 0.3 is 0 Å². The van der Waals surface area contributed by atoms with Gasteiger partial charge in [-0.1, -0.05) is 15.9 Å². The fraction of sp³-hybridized carbons (Fsp3) is 0.118. The molecule has 0 atom stereocenters. The number of rotatable bonds is 3. The molecule has 1 amide bonds. The van der Waals surface area contributed by atoms with Crippen LogP contribution in [-0.2, 0) is 0 Å². The molecule has 23 heavy (non-hydrogen) atoms. The SMILES string of the molecule is Cc1sc(-n2cccc2)c(C(=O)Nc2ccc(Br)cc2F)c1C. The van der Waals surface area contributed by atoms with Crippen molar-refractivity contribution in [3.63, 3.8) is 0 Å². The summed E-state index contributed by atoms with van der Waals surface area (Å²) < 4.78 is 16.5. The van der Waals surface area contributed by atoms with Crippen LogP contribution in [-0.4, -0.2) is 10.5 Å². The molecule has 118 valence electrons. The first-order valence-corrected chi connectivity index (χ1v) is 8.58. The quantitative estimate of drug-likeness (QED) is 0.643. The Bertz CT molecular complexity index is 871. The Morgan fingerprint density at radius 3 is 2.61 bits per heavy atom. The van der Waals surface area contributed by atoms with Gasteiger partial charge in [-0.2, -0.15) is 0 Å². The van der Waals surface area contributed by atoms with Gasteiger partial charge in [0.1, 0.15) is 10.8 Å². The van der Waals surface area contributed by atoms with Crippen molar-refractivity contribution in [1.29, 1.82) is 0 Å². The molecule has 1 aromatic carbocycles. The van der Waals surface area contributed by atoms with E-state index in [0.29, 0.717) is 10.0 Å². The minimum Gasteiger partial charge on any atom is -0.319 e. The molecule has 3 nitrogen and oxygen atoms in total. The minimum absolute atomic E-state index is 0.167. The fourth-order valence-corrected chi connectivity index (χ4v) is 3.76. The number of halogens is 2. The maximum Gasteiger partial charge on any atom is 0.259 e. The molecule has 0 saturated carbocycles. The van der Waals surface area contributed by atoms with Gasteiger partial charge in [0, 0.05) is 21.7 Å². The van der Waals surface area contributed by atoms with Crippen LogP contribution in [0, 0.1) is 19.7 Å². The summed E-state index contributed by atoms with van der Waals surface area (Å²) in [6.45, 7) is 3.88. The number of carbonyl (C=O) groups is 1. The number of anilines is 1. The van der Waals surface area contributed by atoms with E-state index < -0.39 is 5.82 Å². The van der Waals surface area contributed by atoms with Crippen LogP contribution < -0.4 is 5.32 Å². The van der Waals surface area contributed by atoms with Gasteiger partial charge < -0.3 is 9.88 Å². The lowest BCUT2D eigenvalue weighted by molar-refractivity contribution is 0.102. The molecule has 3 rings (SSSR count). The standard InChI is InChI=1S/C17H14BrFN2OS/c1-10-11(2)23-17(21-7-3-4-8-21)15(10)16(22)20-14-6-5-12(18)9-13(14)19/h3-9H,1-2H3,(H,20,22). The first kappa shape index (κ1) is 16.0. The third-order valence-electron chi connectivity index (χ3n) is 3.61. The first-order chi connectivity index (χ1) is 11.0. The van der Waals surface area contributed by atoms with E-state index in [1.165, 1.54) is 6.07 Å². The van der Waals surface area contributed by atoms with Gasteiger partial charge in [-0.05, 0) is 49.7 Å². The second-order valence-electron chi connectivity index (χ2n) is 5.13. The highest BCUT2D eigenvalue weighted by molar-refractivity contribution is 9.10. The molecule has 0 aliphatic heterocycles. The minimum atomic E-state index is -0.472. The molecule has 0 saturated heterocycles. The number of amides is 1. The predicted octanol–water partition coefficient (Wildman–Crippen LogP) is 5.31. The van der Waals surface area contributed by atoms with Gasteiger partial charge in [-0.15, -0.1) is 11.3 Å². The first-order valence-electron chi connectivity index (χ1n) is 6.97. The fourth-order valence-electron chi connectivity index (χ4n) is 2.30. The van der Waals surface area contributed by atoms with E-state index in [1.807, 2.05) is 42.9 Å². The van der Waals surface area contributed by atoms with Crippen LogP contribution >= 0.6 is 27.3 Å². The number of nitrogens with one attached hydrogen (secondary N) is 1. The summed E-state index contributed by atoms with van der Waals surface area (Å²) in [5.41, 5.74) is 1.65. The molecular formula is C17H14BrFN2OS. The van der Waals surface area contributed by atoms with Crippen molar-refractivity contribution in [1.82, 2.24) is 4.57 Å². The monoisotopic (exact) mass is 392 g/mol. The topological polar surface area (TPSA) is 34.0 Å². The molecule has 2 heterocycles. The van der Waals surface area contributed by atoms with Crippen LogP contribution in [0.15, 0.2) is 47.2 Å². The van der Waals surface area contributed by atoms with Crippen molar-refractivity contribution in [3.8, 4) is 5.00 Å². The summed E-state index contributed by atoms with van der Waals surface area (Å²) in [5, 5.41) is 3.50. The molecule has 0 unspecified atom stereocenters. The van der Waals surface area contributed by atoms with Crippen molar-refractivity contribution < 1.29 is 9.18 Å². The van der Waals surface area contributed by atoms with Crippen molar-refractivity contribution in [3.05, 3.63) is 69.0 Å². The zero-order valence-corrected chi connectivity index (χ0v) is 15.0. The van der Waals surface area contributed by atoms with Gasteiger partial charge in [0.2, 0.25) is 0 Å². The van der Waals surface area contributed by atoms with Gasteiger partial charge in [0.05, 0.1) is 11.3 Å². The highest BCUT2D eigenvalue weighted by Crippen LogP contribution is 2.32. The van der Waals surface area contributed by atoms with E-state index in [-0.39, 0.29) is 11.6 Å². The summed E-state index contributed by atoms with van der Waals surface area (Å²) in [4.78, 5) is 13.8. The lowest BCUT2D eigenvalue weighted by Gasteiger charge is -2.09. The predicted molar refractivity (Wildman–Crippen MR) is 95.2 cm³/mol. The number of aryl methyl sites for hydroxylation is 1. The van der Waals surface area contributed by atoms with Gasteiger partial charge in [-0.25, -0.2) is 4.39 Å². The smallest absolute Gasteiger partial charge is 0.259 e. The number of thiophene rings is 1. The van der Waals surface area contributed by atoms with Crippen molar-refractivity contribution in [2.24, 2.45) is 0 Å². The van der Waals surface area contributed by atoms with E-state index in [0.717, 1.165) is 15.4 Å². The van der Waals surface area contributed by atoms with Crippen LogP contribution in [0.4, 0.5) is 10.1 Å². The number of hydrogen-bond acceptors (Lipinski definition) is 2. The van der Waals surface area contributed by atoms with Crippen LogP contribution in [0.1, 0.15) is 20.8 Å². The Kier molecular flexibility index (Phi) is 4.37. The molecule has 3 aromatic rings. The molecule has 0 aliphatic carbocycles. The summed E-state index contributed by atoms with van der Waals surface area (Å²) in [6, 6.07) is 8.37. The molecule has 0 radical (unpaired) electrons. The molecule has 1 N–H and O–H groups in total. The molecule has 0 fully saturated rings. The van der Waals surface area contributed by atoms with Crippen LogP contribution in [0.25, 0.3) is 5.00 Å².